The van der Waals surface area contributed by atoms with Gasteiger partial charge in [0.1, 0.15) is 6.54 Å². The van der Waals surface area contributed by atoms with Crippen molar-refractivity contribution in [1.82, 2.24) is 9.80 Å². The summed E-state index contributed by atoms with van der Waals surface area (Å²) in [6, 6.07) is 6.57. The summed E-state index contributed by atoms with van der Waals surface area (Å²) < 4.78 is 27.3. The van der Waals surface area contributed by atoms with Crippen LogP contribution in [0.15, 0.2) is 24.3 Å². The third-order valence-corrected chi connectivity index (χ3v) is 5.02. The minimum absolute atomic E-state index is 0.302. The van der Waals surface area contributed by atoms with E-state index in [0.717, 1.165) is 4.90 Å². The van der Waals surface area contributed by atoms with Crippen LogP contribution in [0.3, 0.4) is 0 Å². The molecule has 32 heavy (non-hydrogen) atoms. The van der Waals surface area contributed by atoms with Gasteiger partial charge in [0.05, 0.1) is 77.2 Å². The number of amides is 3. The first-order valence-electron chi connectivity index (χ1n) is 10.8. The Hall–Kier alpha value is -2.37. The number of fused-ring (bicyclic) bond motifs is 1. The zero-order chi connectivity index (χ0) is 22.6. The summed E-state index contributed by atoms with van der Waals surface area (Å²) in [5.74, 6) is -1.25. The second-order valence-electron chi connectivity index (χ2n) is 7.18. The zero-order valence-corrected chi connectivity index (χ0v) is 18.2. The Bertz CT molecular complexity index is 719. The number of hydrogen-bond donors (Lipinski definition) is 0. The molecule has 0 atom stereocenters. The van der Waals surface area contributed by atoms with Gasteiger partial charge in [-0.1, -0.05) is 12.1 Å². The van der Waals surface area contributed by atoms with Crippen molar-refractivity contribution >= 4 is 17.7 Å². The fourth-order valence-corrected chi connectivity index (χ4v) is 3.31. The van der Waals surface area contributed by atoms with Gasteiger partial charge in [0.2, 0.25) is 5.91 Å². The van der Waals surface area contributed by atoms with Gasteiger partial charge in [-0.2, -0.15) is 0 Å². The molecule has 0 unspecified atom stereocenters. The van der Waals surface area contributed by atoms with Crippen molar-refractivity contribution < 1.29 is 38.1 Å². The predicted molar refractivity (Wildman–Crippen MR) is 112 cm³/mol. The summed E-state index contributed by atoms with van der Waals surface area (Å²) in [6.07, 6.45) is 0. The van der Waals surface area contributed by atoms with E-state index >= 15 is 0 Å². The molecule has 0 bridgehead atoms. The minimum Gasteiger partial charge on any atom is -0.377 e. The van der Waals surface area contributed by atoms with E-state index in [1.807, 2.05) is 0 Å². The molecule has 1 aromatic rings. The molecule has 1 fully saturated rings. The van der Waals surface area contributed by atoms with Gasteiger partial charge in [-0.05, 0) is 12.1 Å². The van der Waals surface area contributed by atoms with Gasteiger partial charge in [0.25, 0.3) is 11.8 Å². The molecular weight excluding hydrogens is 420 g/mol. The molecule has 1 saturated heterocycles. The number of imide groups is 1. The lowest BCUT2D eigenvalue weighted by Gasteiger charge is -2.25. The molecule has 1 aromatic carbocycles. The van der Waals surface area contributed by atoms with Crippen LogP contribution >= 0.6 is 0 Å². The lowest BCUT2D eigenvalue weighted by molar-refractivity contribution is -0.133. The Morgan fingerprint density at radius 1 is 0.656 bits per heavy atom. The zero-order valence-electron chi connectivity index (χ0n) is 18.2. The van der Waals surface area contributed by atoms with E-state index in [2.05, 4.69) is 0 Å². The van der Waals surface area contributed by atoms with Gasteiger partial charge >= 0.3 is 0 Å². The summed E-state index contributed by atoms with van der Waals surface area (Å²) in [5, 5.41) is 0. The fraction of sp³-hybridized carbons (Fsp3) is 0.591. The van der Waals surface area contributed by atoms with Gasteiger partial charge in [-0.25, -0.2) is 0 Å². The van der Waals surface area contributed by atoms with Crippen LogP contribution in [0.4, 0.5) is 0 Å². The van der Waals surface area contributed by atoms with Crippen molar-refractivity contribution in [2.45, 2.75) is 0 Å². The normalized spacial score (nSPS) is 20.5. The molecule has 10 nitrogen and oxygen atoms in total. The monoisotopic (exact) mass is 450 g/mol. The number of benzene rings is 1. The molecule has 3 rings (SSSR count). The Morgan fingerprint density at radius 3 is 1.44 bits per heavy atom. The van der Waals surface area contributed by atoms with Gasteiger partial charge in [0, 0.05) is 13.1 Å². The largest absolute Gasteiger partial charge is 0.377 e. The highest BCUT2D eigenvalue weighted by molar-refractivity contribution is 6.22. The van der Waals surface area contributed by atoms with E-state index in [-0.39, 0.29) is 12.5 Å². The van der Waals surface area contributed by atoms with Crippen molar-refractivity contribution in [2.24, 2.45) is 0 Å². The Balaban J connectivity index is 1.53. The van der Waals surface area contributed by atoms with Crippen molar-refractivity contribution in [2.75, 3.05) is 85.7 Å². The van der Waals surface area contributed by atoms with Crippen LogP contribution in [0.1, 0.15) is 20.7 Å². The topological polar surface area (TPSA) is 104 Å². The number of carbonyl (C=O) groups is 3. The van der Waals surface area contributed by atoms with Gasteiger partial charge in [-0.15, -0.1) is 0 Å². The molecule has 0 spiro atoms. The van der Waals surface area contributed by atoms with Gasteiger partial charge in [-0.3, -0.25) is 19.3 Å². The van der Waals surface area contributed by atoms with Crippen LogP contribution in [0.2, 0.25) is 0 Å². The van der Waals surface area contributed by atoms with E-state index in [1.54, 1.807) is 29.2 Å². The fourth-order valence-electron chi connectivity index (χ4n) is 3.31. The highest BCUT2D eigenvalue weighted by Crippen LogP contribution is 2.22. The van der Waals surface area contributed by atoms with Crippen LogP contribution in [0.5, 0.6) is 0 Å². The maximum absolute atomic E-state index is 12.9. The summed E-state index contributed by atoms with van der Waals surface area (Å²) in [6.45, 7) is 4.44. The summed E-state index contributed by atoms with van der Waals surface area (Å²) in [7, 11) is 0. The Labute approximate surface area is 187 Å². The number of rotatable bonds is 2. The number of hydrogen-bond acceptors (Lipinski definition) is 8. The predicted octanol–water partition coefficient (Wildman–Crippen LogP) is 0.208. The molecule has 2 aliphatic heterocycles. The van der Waals surface area contributed by atoms with E-state index in [4.69, 9.17) is 23.7 Å². The first-order valence-corrected chi connectivity index (χ1v) is 10.8. The molecule has 0 radical (unpaired) electrons. The van der Waals surface area contributed by atoms with Crippen molar-refractivity contribution in [3.05, 3.63) is 35.4 Å². The van der Waals surface area contributed by atoms with Crippen LogP contribution in [-0.4, -0.2) is 113 Å². The third kappa shape index (κ3) is 7.07. The van der Waals surface area contributed by atoms with Crippen LogP contribution in [0.25, 0.3) is 0 Å². The first-order chi connectivity index (χ1) is 15.7. The highest BCUT2D eigenvalue weighted by atomic mass is 16.6. The average Bonchev–Trinajstić information content (AvgIpc) is 3.04. The molecule has 2 aliphatic rings. The molecule has 2 heterocycles. The molecule has 0 aromatic heterocycles. The summed E-state index contributed by atoms with van der Waals surface area (Å²) in [5.41, 5.74) is 0.643. The maximum Gasteiger partial charge on any atom is 0.262 e. The lowest BCUT2D eigenvalue weighted by Crippen LogP contribution is -2.45. The van der Waals surface area contributed by atoms with E-state index in [9.17, 15) is 14.4 Å². The van der Waals surface area contributed by atoms with E-state index in [0.29, 0.717) is 90.3 Å². The standard InChI is InChI=1S/C22H30N2O8/c25-20(17-24-21(26)18-3-1-2-4-19(18)22(24)27)23-5-7-28-9-11-30-13-15-32-16-14-31-12-10-29-8-6-23/h1-4H,5-17H2. The van der Waals surface area contributed by atoms with Crippen molar-refractivity contribution in [3.63, 3.8) is 0 Å². The highest BCUT2D eigenvalue weighted by Gasteiger charge is 2.36. The smallest absolute Gasteiger partial charge is 0.262 e. The SMILES string of the molecule is O=C(CN1C(=O)c2ccccc2C1=O)N1CCOCCOCCOCCOCCOCC1. The van der Waals surface area contributed by atoms with Gasteiger partial charge < -0.3 is 28.6 Å². The van der Waals surface area contributed by atoms with Crippen molar-refractivity contribution in [3.8, 4) is 0 Å². The molecule has 10 heteroatoms. The minimum atomic E-state index is -0.453. The second-order valence-corrected chi connectivity index (χ2v) is 7.18. The Morgan fingerprint density at radius 2 is 1.03 bits per heavy atom. The molecule has 3 amide bonds. The first kappa shape index (κ1) is 24.3. The molecule has 176 valence electrons. The van der Waals surface area contributed by atoms with Crippen LogP contribution < -0.4 is 0 Å². The van der Waals surface area contributed by atoms with Crippen LogP contribution in [0, 0.1) is 0 Å². The quantitative estimate of drug-likeness (QED) is 0.589. The van der Waals surface area contributed by atoms with E-state index in [1.165, 1.54) is 0 Å². The second kappa shape index (κ2) is 13.2. The molecule has 0 aliphatic carbocycles. The summed E-state index contributed by atoms with van der Waals surface area (Å²) >= 11 is 0. The van der Waals surface area contributed by atoms with Crippen LogP contribution in [-0.2, 0) is 28.5 Å². The number of carbonyl (C=O) groups excluding carboxylic acids is 3. The number of nitrogens with zero attached hydrogens (tertiary/aromatic N) is 2. The lowest BCUT2D eigenvalue weighted by atomic mass is 10.1. The maximum atomic E-state index is 12.9. The average molecular weight is 450 g/mol. The molecular formula is C22H30N2O8. The Kier molecular flexibility index (Phi) is 10.0. The molecule has 0 N–H and O–H groups in total. The summed E-state index contributed by atoms with van der Waals surface area (Å²) in [4.78, 5) is 40.6. The van der Waals surface area contributed by atoms with E-state index < -0.39 is 11.8 Å². The molecule has 0 saturated carbocycles. The van der Waals surface area contributed by atoms with Crippen molar-refractivity contribution in [1.29, 1.82) is 0 Å². The third-order valence-electron chi connectivity index (χ3n) is 5.02. The number of ether oxygens (including phenoxy) is 5. The van der Waals surface area contributed by atoms with Gasteiger partial charge in [0.15, 0.2) is 0 Å².